The molecule has 2 aromatic rings. The summed E-state index contributed by atoms with van der Waals surface area (Å²) in [6.07, 6.45) is 1.02. The Morgan fingerprint density at radius 1 is 1.06 bits per heavy atom. The van der Waals surface area contributed by atoms with E-state index in [9.17, 15) is 0 Å². The van der Waals surface area contributed by atoms with Crippen molar-refractivity contribution in [2.24, 2.45) is 0 Å². The monoisotopic (exact) mass is 226 g/mol. The number of anilines is 3. The number of nitrogens with two attached hydrogens (primary N) is 1. The third kappa shape index (κ3) is 2.59. The summed E-state index contributed by atoms with van der Waals surface area (Å²) >= 11 is 0. The van der Waals surface area contributed by atoms with Crippen LogP contribution in [0, 0.1) is 6.92 Å². The maximum absolute atomic E-state index is 5.81. The molecule has 3 N–H and O–H groups in total. The van der Waals surface area contributed by atoms with Gasteiger partial charge in [0.15, 0.2) is 0 Å². The Bertz CT molecular complexity index is 518. The highest BCUT2D eigenvalue weighted by Crippen LogP contribution is 2.25. The molecule has 0 spiro atoms. The lowest BCUT2D eigenvalue weighted by Crippen LogP contribution is -1.98. The SMILES string of the molecule is CCc1ccccc1Nc1cc(N)ccc1C. The van der Waals surface area contributed by atoms with E-state index in [0.29, 0.717) is 0 Å². The van der Waals surface area contributed by atoms with Crippen LogP contribution in [0.15, 0.2) is 42.5 Å². The number of rotatable bonds is 3. The molecule has 0 aliphatic rings. The van der Waals surface area contributed by atoms with Crippen molar-refractivity contribution < 1.29 is 0 Å². The van der Waals surface area contributed by atoms with E-state index in [0.717, 1.165) is 23.5 Å². The Morgan fingerprint density at radius 3 is 2.59 bits per heavy atom. The van der Waals surface area contributed by atoms with Crippen LogP contribution in [0.1, 0.15) is 18.1 Å². The van der Waals surface area contributed by atoms with Crippen molar-refractivity contribution in [1.29, 1.82) is 0 Å². The highest BCUT2D eigenvalue weighted by atomic mass is 14.9. The molecule has 0 saturated heterocycles. The maximum Gasteiger partial charge on any atom is 0.0434 e. The molecular formula is C15H18N2. The number of hydrogen-bond donors (Lipinski definition) is 2. The molecule has 2 aromatic carbocycles. The fraction of sp³-hybridized carbons (Fsp3) is 0.200. The molecule has 0 aliphatic carbocycles. The van der Waals surface area contributed by atoms with E-state index in [-0.39, 0.29) is 0 Å². The highest BCUT2D eigenvalue weighted by molar-refractivity contribution is 5.69. The summed E-state index contributed by atoms with van der Waals surface area (Å²) < 4.78 is 0. The van der Waals surface area contributed by atoms with E-state index in [4.69, 9.17) is 5.73 Å². The predicted octanol–water partition coefficient (Wildman–Crippen LogP) is 3.88. The summed E-state index contributed by atoms with van der Waals surface area (Å²) in [4.78, 5) is 0. The first-order valence-corrected chi connectivity index (χ1v) is 5.91. The van der Waals surface area contributed by atoms with E-state index in [1.807, 2.05) is 24.3 Å². The highest BCUT2D eigenvalue weighted by Gasteiger charge is 2.02. The Hall–Kier alpha value is -1.96. The lowest BCUT2D eigenvalue weighted by molar-refractivity contribution is 1.14. The van der Waals surface area contributed by atoms with E-state index < -0.39 is 0 Å². The molecule has 0 aliphatic heterocycles. The van der Waals surface area contributed by atoms with Gasteiger partial charge in [0.1, 0.15) is 0 Å². The van der Waals surface area contributed by atoms with Gasteiger partial charge in [0.2, 0.25) is 0 Å². The van der Waals surface area contributed by atoms with Crippen molar-refractivity contribution in [3.63, 3.8) is 0 Å². The van der Waals surface area contributed by atoms with Crippen molar-refractivity contribution in [2.75, 3.05) is 11.1 Å². The molecule has 0 saturated carbocycles. The first-order chi connectivity index (χ1) is 8.20. The van der Waals surface area contributed by atoms with Gasteiger partial charge in [-0.3, -0.25) is 0 Å². The van der Waals surface area contributed by atoms with E-state index >= 15 is 0 Å². The first-order valence-electron chi connectivity index (χ1n) is 5.91. The topological polar surface area (TPSA) is 38.0 Å². The molecule has 2 heteroatoms. The van der Waals surface area contributed by atoms with Crippen LogP contribution in [0.4, 0.5) is 17.1 Å². The minimum Gasteiger partial charge on any atom is -0.399 e. The van der Waals surface area contributed by atoms with E-state index in [1.165, 1.54) is 11.1 Å². The molecular weight excluding hydrogens is 208 g/mol. The molecule has 2 nitrogen and oxygen atoms in total. The van der Waals surface area contributed by atoms with Crippen LogP contribution >= 0.6 is 0 Å². The van der Waals surface area contributed by atoms with Crippen molar-refractivity contribution >= 4 is 17.1 Å². The molecule has 0 amide bonds. The molecule has 2 rings (SSSR count). The van der Waals surface area contributed by atoms with Crippen LogP contribution in [0.2, 0.25) is 0 Å². The zero-order valence-corrected chi connectivity index (χ0v) is 10.3. The molecule has 0 radical (unpaired) electrons. The average Bonchev–Trinajstić information content (AvgIpc) is 2.34. The van der Waals surface area contributed by atoms with Crippen LogP contribution in [0.25, 0.3) is 0 Å². The zero-order valence-electron chi connectivity index (χ0n) is 10.3. The fourth-order valence-corrected chi connectivity index (χ4v) is 1.87. The lowest BCUT2D eigenvalue weighted by Gasteiger charge is -2.13. The molecule has 88 valence electrons. The third-order valence-electron chi connectivity index (χ3n) is 2.93. The van der Waals surface area contributed by atoms with Crippen molar-refractivity contribution in [2.45, 2.75) is 20.3 Å². The number of para-hydroxylation sites is 1. The number of nitrogens with one attached hydrogen (secondary N) is 1. The second-order valence-electron chi connectivity index (χ2n) is 4.21. The number of hydrogen-bond acceptors (Lipinski definition) is 2. The Balaban J connectivity index is 2.34. The fourth-order valence-electron chi connectivity index (χ4n) is 1.87. The molecule has 0 fully saturated rings. The standard InChI is InChI=1S/C15H18N2/c1-3-12-6-4-5-7-14(12)17-15-10-13(16)9-8-11(15)2/h4-10,17H,3,16H2,1-2H3. The van der Waals surface area contributed by atoms with Crippen molar-refractivity contribution in [3.8, 4) is 0 Å². The van der Waals surface area contributed by atoms with E-state index in [2.05, 4.69) is 37.4 Å². The second kappa shape index (κ2) is 4.91. The lowest BCUT2D eigenvalue weighted by atomic mass is 10.1. The Kier molecular flexibility index (Phi) is 3.33. The Morgan fingerprint density at radius 2 is 1.82 bits per heavy atom. The summed E-state index contributed by atoms with van der Waals surface area (Å²) in [5.74, 6) is 0. The smallest absolute Gasteiger partial charge is 0.0434 e. The molecule has 0 unspecified atom stereocenters. The summed E-state index contributed by atoms with van der Waals surface area (Å²) in [6, 6.07) is 14.3. The van der Waals surface area contributed by atoms with Crippen molar-refractivity contribution in [3.05, 3.63) is 53.6 Å². The van der Waals surface area contributed by atoms with Crippen LogP contribution in [-0.2, 0) is 6.42 Å². The number of benzene rings is 2. The van der Waals surface area contributed by atoms with Gasteiger partial charge in [-0.2, -0.15) is 0 Å². The van der Waals surface area contributed by atoms with Gasteiger partial charge in [-0.15, -0.1) is 0 Å². The maximum atomic E-state index is 5.81. The number of aryl methyl sites for hydroxylation is 2. The molecule has 0 atom stereocenters. The normalized spacial score (nSPS) is 10.2. The molecule has 0 aromatic heterocycles. The summed E-state index contributed by atoms with van der Waals surface area (Å²) in [6.45, 7) is 4.24. The quantitative estimate of drug-likeness (QED) is 0.779. The largest absolute Gasteiger partial charge is 0.399 e. The minimum atomic E-state index is 0.784. The molecule has 17 heavy (non-hydrogen) atoms. The van der Waals surface area contributed by atoms with Gasteiger partial charge in [0.25, 0.3) is 0 Å². The van der Waals surface area contributed by atoms with Gasteiger partial charge in [-0.05, 0) is 42.7 Å². The Labute approximate surface area is 102 Å². The van der Waals surface area contributed by atoms with Crippen LogP contribution < -0.4 is 11.1 Å². The predicted molar refractivity (Wildman–Crippen MR) is 74.7 cm³/mol. The van der Waals surface area contributed by atoms with Gasteiger partial charge >= 0.3 is 0 Å². The molecule has 0 bridgehead atoms. The first kappa shape index (κ1) is 11.5. The third-order valence-corrected chi connectivity index (χ3v) is 2.93. The summed E-state index contributed by atoms with van der Waals surface area (Å²) in [5.41, 5.74) is 11.3. The van der Waals surface area contributed by atoms with Gasteiger partial charge in [-0.25, -0.2) is 0 Å². The average molecular weight is 226 g/mol. The molecule has 0 heterocycles. The van der Waals surface area contributed by atoms with E-state index in [1.54, 1.807) is 0 Å². The van der Waals surface area contributed by atoms with Gasteiger partial charge in [0, 0.05) is 17.1 Å². The van der Waals surface area contributed by atoms with Crippen LogP contribution in [0.3, 0.4) is 0 Å². The second-order valence-corrected chi connectivity index (χ2v) is 4.21. The van der Waals surface area contributed by atoms with Gasteiger partial charge < -0.3 is 11.1 Å². The summed E-state index contributed by atoms with van der Waals surface area (Å²) in [7, 11) is 0. The number of nitrogen functional groups attached to an aromatic ring is 1. The van der Waals surface area contributed by atoms with Gasteiger partial charge in [0.05, 0.1) is 0 Å². The van der Waals surface area contributed by atoms with Gasteiger partial charge in [-0.1, -0.05) is 31.2 Å². The summed E-state index contributed by atoms with van der Waals surface area (Å²) in [5, 5.41) is 3.45. The minimum absolute atomic E-state index is 0.784. The zero-order chi connectivity index (χ0) is 12.3. The van der Waals surface area contributed by atoms with Crippen LogP contribution in [-0.4, -0.2) is 0 Å². The van der Waals surface area contributed by atoms with Crippen molar-refractivity contribution in [1.82, 2.24) is 0 Å². The van der Waals surface area contributed by atoms with Crippen LogP contribution in [0.5, 0.6) is 0 Å².